The molecular formula is C16H25NO3S. The van der Waals surface area contributed by atoms with Crippen molar-refractivity contribution in [3.63, 3.8) is 0 Å². The highest BCUT2D eigenvalue weighted by Gasteiger charge is 2.28. The molecule has 2 unspecified atom stereocenters. The number of nitrogens with one attached hydrogen (secondary N) is 1. The molecule has 1 fully saturated rings. The first kappa shape index (κ1) is 16.3. The monoisotopic (exact) mass is 311 g/mol. The Hall–Kier alpha value is -1.07. The van der Waals surface area contributed by atoms with Gasteiger partial charge in [0.05, 0.1) is 11.9 Å². The van der Waals surface area contributed by atoms with Crippen LogP contribution >= 0.6 is 0 Å². The smallest absolute Gasteiger partial charge is 0.150 e. The van der Waals surface area contributed by atoms with Gasteiger partial charge in [0.2, 0.25) is 0 Å². The van der Waals surface area contributed by atoms with Crippen molar-refractivity contribution >= 4 is 15.5 Å². The summed E-state index contributed by atoms with van der Waals surface area (Å²) >= 11 is 0. The number of benzene rings is 1. The second kappa shape index (κ2) is 7.27. The molecule has 0 saturated heterocycles. The van der Waals surface area contributed by atoms with Gasteiger partial charge in [-0.15, -0.1) is 0 Å². The van der Waals surface area contributed by atoms with Crippen LogP contribution in [0.4, 0.5) is 5.69 Å². The Balaban J connectivity index is 2.04. The zero-order valence-electron chi connectivity index (χ0n) is 12.8. The topological polar surface area (TPSA) is 55.4 Å². The van der Waals surface area contributed by atoms with Crippen LogP contribution in [0.3, 0.4) is 0 Å². The Morgan fingerprint density at radius 1 is 1.29 bits per heavy atom. The molecule has 1 aliphatic rings. The van der Waals surface area contributed by atoms with Crippen LogP contribution in [0.5, 0.6) is 0 Å². The number of rotatable bonds is 6. The lowest BCUT2D eigenvalue weighted by Gasteiger charge is -2.30. The Bertz CT molecular complexity index is 556. The fourth-order valence-electron chi connectivity index (χ4n) is 2.98. The van der Waals surface area contributed by atoms with Crippen molar-refractivity contribution in [1.29, 1.82) is 0 Å². The lowest BCUT2D eigenvalue weighted by atomic mass is 9.94. The molecular weight excluding hydrogens is 286 g/mol. The molecule has 1 aliphatic carbocycles. The quantitative estimate of drug-likeness (QED) is 0.877. The van der Waals surface area contributed by atoms with Gasteiger partial charge in [0.15, 0.2) is 0 Å². The number of para-hydroxylation sites is 1. The summed E-state index contributed by atoms with van der Waals surface area (Å²) in [5.74, 6) is 0. The predicted molar refractivity (Wildman–Crippen MR) is 86.5 cm³/mol. The van der Waals surface area contributed by atoms with E-state index in [0.29, 0.717) is 13.0 Å². The van der Waals surface area contributed by atoms with Gasteiger partial charge < -0.3 is 10.1 Å². The van der Waals surface area contributed by atoms with E-state index in [9.17, 15) is 8.42 Å². The molecule has 21 heavy (non-hydrogen) atoms. The van der Waals surface area contributed by atoms with E-state index in [-0.39, 0.29) is 11.3 Å². The molecule has 0 aliphatic heterocycles. The average Bonchev–Trinajstić information content (AvgIpc) is 2.46. The summed E-state index contributed by atoms with van der Waals surface area (Å²) in [5, 5.41) is 3.34. The molecule has 0 bridgehead atoms. The van der Waals surface area contributed by atoms with Gasteiger partial charge in [-0.25, -0.2) is 8.42 Å². The molecule has 0 heterocycles. The van der Waals surface area contributed by atoms with Crippen LogP contribution in [0.25, 0.3) is 0 Å². The molecule has 118 valence electrons. The summed E-state index contributed by atoms with van der Waals surface area (Å²) in [5.41, 5.74) is 2.33. The summed E-state index contributed by atoms with van der Waals surface area (Å²) < 4.78 is 28.6. The third-order valence-corrected chi connectivity index (χ3v) is 5.82. The first-order valence-electron chi connectivity index (χ1n) is 7.53. The summed E-state index contributed by atoms with van der Waals surface area (Å²) in [6.07, 6.45) is 5.72. The van der Waals surface area contributed by atoms with Gasteiger partial charge in [0.25, 0.3) is 0 Å². The van der Waals surface area contributed by atoms with Crippen LogP contribution in [0.1, 0.15) is 31.2 Å². The van der Waals surface area contributed by atoms with Crippen molar-refractivity contribution in [2.75, 3.05) is 25.3 Å². The minimum atomic E-state index is -2.94. The summed E-state index contributed by atoms with van der Waals surface area (Å²) in [6.45, 7) is 0.690. The fraction of sp³-hybridized carbons (Fsp3) is 0.625. The van der Waals surface area contributed by atoms with Gasteiger partial charge in [0.1, 0.15) is 9.84 Å². The van der Waals surface area contributed by atoms with Crippen LogP contribution < -0.4 is 5.32 Å². The fourth-order valence-corrected chi connectivity index (χ4v) is 4.15. The summed E-state index contributed by atoms with van der Waals surface area (Å²) in [6, 6.07) is 8.43. The number of hydrogen-bond donors (Lipinski definition) is 1. The molecule has 1 aromatic rings. The number of methoxy groups -OCH3 is 1. The summed E-state index contributed by atoms with van der Waals surface area (Å²) in [7, 11) is -1.23. The molecule has 2 rings (SSSR count). The third kappa shape index (κ3) is 4.71. The zero-order valence-corrected chi connectivity index (χ0v) is 13.7. The Morgan fingerprint density at radius 3 is 2.76 bits per heavy atom. The van der Waals surface area contributed by atoms with E-state index in [2.05, 4.69) is 17.4 Å². The van der Waals surface area contributed by atoms with Gasteiger partial charge in [-0.1, -0.05) is 24.6 Å². The molecule has 1 saturated carbocycles. The molecule has 5 heteroatoms. The van der Waals surface area contributed by atoms with Gasteiger partial charge >= 0.3 is 0 Å². The Labute approximate surface area is 127 Å². The molecule has 0 spiro atoms. The van der Waals surface area contributed by atoms with E-state index in [1.54, 1.807) is 7.11 Å². The second-order valence-corrected chi connectivity index (χ2v) is 8.19. The molecule has 0 amide bonds. The lowest BCUT2D eigenvalue weighted by molar-refractivity contribution is 0.202. The zero-order chi connectivity index (χ0) is 15.3. The lowest BCUT2D eigenvalue weighted by Crippen LogP contribution is -2.34. The molecule has 2 atom stereocenters. The predicted octanol–water partition coefficient (Wildman–Crippen LogP) is 2.64. The van der Waals surface area contributed by atoms with Gasteiger partial charge in [0, 0.05) is 25.1 Å². The first-order chi connectivity index (χ1) is 10.0. The highest BCUT2D eigenvalue weighted by Crippen LogP contribution is 2.27. The van der Waals surface area contributed by atoms with Crippen molar-refractivity contribution in [2.24, 2.45) is 0 Å². The minimum absolute atomic E-state index is 0.199. The maximum Gasteiger partial charge on any atom is 0.150 e. The van der Waals surface area contributed by atoms with Gasteiger partial charge in [-0.05, 0) is 37.3 Å². The third-order valence-electron chi connectivity index (χ3n) is 4.18. The summed E-state index contributed by atoms with van der Waals surface area (Å²) in [4.78, 5) is 0. The van der Waals surface area contributed by atoms with E-state index in [1.165, 1.54) is 11.8 Å². The van der Waals surface area contributed by atoms with Crippen molar-refractivity contribution in [2.45, 2.75) is 43.4 Å². The standard InChI is InChI=1S/C16H25NO3S/c1-20-11-10-13-6-3-4-9-16(13)17-14-7-5-8-15(12-14)21(2,18)19/h3-4,6,9,14-15,17H,5,7-8,10-12H2,1-2H3. The molecule has 4 nitrogen and oxygen atoms in total. The molecule has 0 aromatic heterocycles. The second-order valence-electron chi connectivity index (χ2n) is 5.86. The Kier molecular flexibility index (Phi) is 5.65. The minimum Gasteiger partial charge on any atom is -0.384 e. The highest BCUT2D eigenvalue weighted by atomic mass is 32.2. The SMILES string of the molecule is COCCc1ccccc1NC1CCCC(S(C)(=O)=O)C1. The molecule has 0 radical (unpaired) electrons. The van der Waals surface area contributed by atoms with E-state index >= 15 is 0 Å². The number of hydrogen-bond acceptors (Lipinski definition) is 4. The number of ether oxygens (including phenoxy) is 1. The van der Waals surface area contributed by atoms with Gasteiger partial charge in [-0.3, -0.25) is 0 Å². The van der Waals surface area contributed by atoms with Crippen molar-refractivity contribution in [1.82, 2.24) is 0 Å². The van der Waals surface area contributed by atoms with E-state index in [4.69, 9.17) is 4.74 Å². The first-order valence-corrected chi connectivity index (χ1v) is 9.48. The molecule has 1 aromatic carbocycles. The number of anilines is 1. The van der Waals surface area contributed by atoms with E-state index < -0.39 is 9.84 Å². The highest BCUT2D eigenvalue weighted by molar-refractivity contribution is 7.91. The largest absolute Gasteiger partial charge is 0.384 e. The normalized spacial score (nSPS) is 23.0. The average molecular weight is 311 g/mol. The Morgan fingerprint density at radius 2 is 2.05 bits per heavy atom. The van der Waals surface area contributed by atoms with Crippen molar-refractivity contribution in [3.8, 4) is 0 Å². The van der Waals surface area contributed by atoms with Crippen LogP contribution in [0, 0.1) is 0 Å². The van der Waals surface area contributed by atoms with Crippen LogP contribution in [-0.4, -0.2) is 39.7 Å². The van der Waals surface area contributed by atoms with Crippen LogP contribution in [-0.2, 0) is 21.0 Å². The number of sulfone groups is 1. The van der Waals surface area contributed by atoms with Crippen LogP contribution in [0.15, 0.2) is 24.3 Å². The van der Waals surface area contributed by atoms with Crippen molar-refractivity contribution in [3.05, 3.63) is 29.8 Å². The van der Waals surface area contributed by atoms with E-state index in [0.717, 1.165) is 31.4 Å². The van der Waals surface area contributed by atoms with E-state index in [1.807, 2.05) is 12.1 Å². The maximum absolute atomic E-state index is 11.7. The molecule has 1 N–H and O–H groups in total. The van der Waals surface area contributed by atoms with Gasteiger partial charge in [-0.2, -0.15) is 0 Å². The van der Waals surface area contributed by atoms with Crippen molar-refractivity contribution < 1.29 is 13.2 Å². The maximum atomic E-state index is 11.7. The van der Waals surface area contributed by atoms with Crippen LogP contribution in [0.2, 0.25) is 0 Å².